The second kappa shape index (κ2) is 7.59. The summed E-state index contributed by atoms with van der Waals surface area (Å²) >= 11 is 0. The zero-order valence-electron chi connectivity index (χ0n) is 13.3. The van der Waals surface area contributed by atoms with Crippen LogP contribution < -0.4 is 5.32 Å². The summed E-state index contributed by atoms with van der Waals surface area (Å²) in [5.41, 5.74) is 2.23. The number of hydrogen-bond acceptors (Lipinski definition) is 3. The number of esters is 1. The van der Waals surface area contributed by atoms with E-state index < -0.39 is 0 Å². The molecule has 3 rings (SSSR count). The minimum atomic E-state index is -0.382. The first kappa shape index (κ1) is 16.0. The molecule has 1 saturated carbocycles. The van der Waals surface area contributed by atoms with Crippen LogP contribution in [0.4, 0.5) is 5.69 Å². The summed E-state index contributed by atoms with van der Waals surface area (Å²) in [7, 11) is 0. The fraction of sp³-hybridized carbons (Fsp3) is 0.200. The third-order valence-electron chi connectivity index (χ3n) is 3.76. The standard InChI is InChI=1S/C20H19NO3/c22-19(16-8-9-16)21-18-12-10-17(11-13-18)20(23)24-14-4-7-15-5-2-1-3-6-15/h1-7,10-13,16H,8-9,14H2,(H,21,22)/b7-4+. The minimum Gasteiger partial charge on any atom is -0.458 e. The van der Waals surface area contributed by atoms with Crippen molar-refractivity contribution in [3.05, 3.63) is 71.8 Å². The first-order valence-electron chi connectivity index (χ1n) is 8.02. The van der Waals surface area contributed by atoms with Gasteiger partial charge in [0.05, 0.1) is 5.56 Å². The van der Waals surface area contributed by atoms with Crippen LogP contribution in [0.5, 0.6) is 0 Å². The smallest absolute Gasteiger partial charge is 0.338 e. The predicted molar refractivity (Wildman–Crippen MR) is 93.6 cm³/mol. The number of ether oxygens (including phenoxy) is 1. The highest BCUT2D eigenvalue weighted by Gasteiger charge is 2.29. The maximum Gasteiger partial charge on any atom is 0.338 e. The Morgan fingerprint density at radius 1 is 1.04 bits per heavy atom. The molecule has 0 spiro atoms. The lowest BCUT2D eigenvalue weighted by atomic mass is 10.2. The van der Waals surface area contributed by atoms with E-state index in [2.05, 4.69) is 5.32 Å². The van der Waals surface area contributed by atoms with Crippen molar-refractivity contribution < 1.29 is 14.3 Å². The summed E-state index contributed by atoms with van der Waals surface area (Å²) in [6.45, 7) is 0.216. The van der Waals surface area contributed by atoms with Crippen molar-refractivity contribution in [3.63, 3.8) is 0 Å². The van der Waals surface area contributed by atoms with E-state index in [-0.39, 0.29) is 24.4 Å². The zero-order valence-corrected chi connectivity index (χ0v) is 13.3. The van der Waals surface area contributed by atoms with Gasteiger partial charge in [-0.1, -0.05) is 36.4 Å². The minimum absolute atomic E-state index is 0.0522. The topological polar surface area (TPSA) is 55.4 Å². The molecule has 1 N–H and O–H groups in total. The van der Waals surface area contributed by atoms with Crippen molar-refractivity contribution in [2.75, 3.05) is 11.9 Å². The summed E-state index contributed by atoms with van der Waals surface area (Å²) in [5, 5.41) is 2.84. The van der Waals surface area contributed by atoms with Gasteiger partial charge in [-0.2, -0.15) is 0 Å². The van der Waals surface area contributed by atoms with Crippen LogP contribution in [0, 0.1) is 5.92 Å². The average molecular weight is 321 g/mol. The molecule has 0 atom stereocenters. The number of hydrogen-bond donors (Lipinski definition) is 1. The average Bonchev–Trinajstić information content (AvgIpc) is 3.45. The monoisotopic (exact) mass is 321 g/mol. The van der Waals surface area contributed by atoms with Crippen LogP contribution in [0.15, 0.2) is 60.7 Å². The van der Waals surface area contributed by atoms with Gasteiger partial charge in [0.1, 0.15) is 6.61 Å². The normalized spacial score (nSPS) is 13.7. The van der Waals surface area contributed by atoms with Gasteiger partial charge in [-0.05, 0) is 48.7 Å². The van der Waals surface area contributed by atoms with Gasteiger partial charge in [-0.25, -0.2) is 4.79 Å². The number of benzene rings is 2. The molecule has 0 aromatic heterocycles. The molecule has 2 aromatic rings. The van der Waals surface area contributed by atoms with Crippen LogP contribution in [-0.4, -0.2) is 18.5 Å². The summed E-state index contributed by atoms with van der Waals surface area (Å²) in [5.74, 6) is -0.171. The number of anilines is 1. The van der Waals surface area contributed by atoms with Crippen LogP contribution in [-0.2, 0) is 9.53 Å². The van der Waals surface area contributed by atoms with Gasteiger partial charge in [0.25, 0.3) is 0 Å². The van der Waals surface area contributed by atoms with Gasteiger partial charge in [0.2, 0.25) is 5.91 Å². The second-order valence-electron chi connectivity index (χ2n) is 5.75. The molecule has 0 heterocycles. The largest absolute Gasteiger partial charge is 0.458 e. The number of carbonyl (C=O) groups excluding carboxylic acids is 2. The van der Waals surface area contributed by atoms with E-state index in [0.717, 1.165) is 18.4 Å². The summed E-state index contributed by atoms with van der Waals surface area (Å²) < 4.78 is 5.21. The van der Waals surface area contributed by atoms with Gasteiger partial charge in [0.15, 0.2) is 0 Å². The molecule has 2 aromatic carbocycles. The molecular formula is C20H19NO3. The molecule has 4 heteroatoms. The Bertz CT molecular complexity index is 731. The first-order valence-corrected chi connectivity index (χ1v) is 8.02. The maximum absolute atomic E-state index is 12.0. The summed E-state index contributed by atoms with van der Waals surface area (Å²) in [6, 6.07) is 16.6. The van der Waals surface area contributed by atoms with Crippen molar-refractivity contribution >= 4 is 23.6 Å². The van der Waals surface area contributed by atoms with E-state index in [1.165, 1.54) is 0 Å². The van der Waals surface area contributed by atoms with Gasteiger partial charge in [-0.15, -0.1) is 0 Å². The molecule has 122 valence electrons. The van der Waals surface area contributed by atoms with Crippen molar-refractivity contribution in [1.82, 2.24) is 0 Å². The Kier molecular flexibility index (Phi) is 5.06. The lowest BCUT2D eigenvalue weighted by molar-refractivity contribution is -0.117. The van der Waals surface area contributed by atoms with E-state index >= 15 is 0 Å². The predicted octanol–water partition coefficient (Wildman–Crippen LogP) is 3.91. The SMILES string of the molecule is O=C(OC/C=C/c1ccccc1)c1ccc(NC(=O)C2CC2)cc1. The highest BCUT2D eigenvalue weighted by Crippen LogP contribution is 2.30. The van der Waals surface area contributed by atoms with Gasteiger partial charge < -0.3 is 10.1 Å². The first-order chi connectivity index (χ1) is 11.7. The van der Waals surface area contributed by atoms with Crippen LogP contribution in [0.1, 0.15) is 28.8 Å². The molecule has 1 aliphatic rings. The summed E-state index contributed by atoms with van der Waals surface area (Å²) in [6.07, 6.45) is 5.64. The van der Waals surface area contributed by atoms with E-state index in [9.17, 15) is 9.59 Å². The Morgan fingerprint density at radius 2 is 1.75 bits per heavy atom. The highest BCUT2D eigenvalue weighted by molar-refractivity contribution is 5.95. The number of amides is 1. The molecule has 0 aliphatic heterocycles. The molecule has 24 heavy (non-hydrogen) atoms. The molecule has 4 nitrogen and oxygen atoms in total. The molecule has 1 amide bonds. The molecule has 0 bridgehead atoms. The summed E-state index contributed by atoms with van der Waals surface area (Å²) in [4.78, 5) is 23.6. The van der Waals surface area contributed by atoms with Crippen molar-refractivity contribution in [2.45, 2.75) is 12.8 Å². The Balaban J connectivity index is 1.47. The van der Waals surface area contributed by atoms with E-state index in [1.807, 2.05) is 36.4 Å². The van der Waals surface area contributed by atoms with Gasteiger partial charge in [-0.3, -0.25) is 4.79 Å². The molecule has 0 saturated heterocycles. The van der Waals surface area contributed by atoms with E-state index in [4.69, 9.17) is 4.74 Å². The molecule has 1 fully saturated rings. The van der Waals surface area contributed by atoms with Crippen molar-refractivity contribution in [2.24, 2.45) is 5.92 Å². The maximum atomic E-state index is 12.0. The van der Waals surface area contributed by atoms with Crippen LogP contribution >= 0.6 is 0 Å². The van der Waals surface area contributed by atoms with Crippen LogP contribution in [0.2, 0.25) is 0 Å². The molecule has 0 radical (unpaired) electrons. The van der Waals surface area contributed by atoms with Gasteiger partial charge in [0, 0.05) is 11.6 Å². The molecular weight excluding hydrogens is 302 g/mol. The highest BCUT2D eigenvalue weighted by atomic mass is 16.5. The van der Waals surface area contributed by atoms with Crippen molar-refractivity contribution in [1.29, 1.82) is 0 Å². The van der Waals surface area contributed by atoms with Crippen LogP contribution in [0.3, 0.4) is 0 Å². The molecule has 1 aliphatic carbocycles. The van der Waals surface area contributed by atoms with Gasteiger partial charge >= 0.3 is 5.97 Å². The van der Waals surface area contributed by atoms with Crippen LogP contribution in [0.25, 0.3) is 6.08 Å². The van der Waals surface area contributed by atoms with E-state index in [1.54, 1.807) is 30.3 Å². The fourth-order valence-corrected chi connectivity index (χ4v) is 2.23. The second-order valence-corrected chi connectivity index (χ2v) is 5.75. The Hall–Kier alpha value is -2.88. The molecule has 0 unspecified atom stereocenters. The lowest BCUT2D eigenvalue weighted by Crippen LogP contribution is -2.13. The number of nitrogens with one attached hydrogen (secondary N) is 1. The number of rotatable bonds is 6. The fourth-order valence-electron chi connectivity index (χ4n) is 2.23. The lowest BCUT2D eigenvalue weighted by Gasteiger charge is -2.06. The van der Waals surface area contributed by atoms with Crippen molar-refractivity contribution in [3.8, 4) is 0 Å². The third-order valence-corrected chi connectivity index (χ3v) is 3.76. The third kappa shape index (κ3) is 4.56. The Morgan fingerprint density at radius 3 is 2.42 bits per heavy atom. The Labute approximate surface area is 141 Å². The zero-order chi connectivity index (χ0) is 16.8. The number of carbonyl (C=O) groups is 2. The quantitative estimate of drug-likeness (QED) is 0.821. The van der Waals surface area contributed by atoms with E-state index in [0.29, 0.717) is 11.3 Å².